The van der Waals surface area contributed by atoms with Crippen LogP contribution in [-0.4, -0.2) is 41.5 Å². The monoisotopic (exact) mass is 616 g/mol. The highest BCUT2D eigenvalue weighted by Gasteiger charge is 2.27. The predicted molar refractivity (Wildman–Crippen MR) is 158 cm³/mol. The summed E-state index contributed by atoms with van der Waals surface area (Å²) in [5.41, 5.74) is 3.62. The second kappa shape index (κ2) is 13.2. The van der Waals surface area contributed by atoms with Crippen molar-refractivity contribution in [2.24, 2.45) is 0 Å². The number of amides is 4. The van der Waals surface area contributed by atoms with Crippen molar-refractivity contribution in [1.82, 2.24) is 16.0 Å². The zero-order valence-corrected chi connectivity index (χ0v) is 24.2. The van der Waals surface area contributed by atoms with Crippen LogP contribution < -0.4 is 21.3 Å². The first-order valence-electron chi connectivity index (χ1n) is 12.7. The van der Waals surface area contributed by atoms with Gasteiger partial charge in [-0.1, -0.05) is 71.2 Å². The molecular weight excluding hydrogens is 591 g/mol. The van der Waals surface area contributed by atoms with Gasteiger partial charge in [-0.15, -0.1) is 0 Å². The van der Waals surface area contributed by atoms with Crippen LogP contribution in [0.5, 0.6) is 0 Å². The quantitative estimate of drug-likeness (QED) is 0.222. The normalized spacial score (nSPS) is 14.5. The second-order valence-corrected chi connectivity index (χ2v) is 10.8. The van der Waals surface area contributed by atoms with Crippen LogP contribution >= 0.6 is 34.8 Å². The lowest BCUT2D eigenvalue weighted by Gasteiger charge is -2.19. The molecule has 3 aromatic carbocycles. The zero-order valence-electron chi connectivity index (χ0n) is 21.9. The maximum Gasteiger partial charge on any atom is 0.328 e. The Labute approximate surface area is 251 Å². The zero-order chi connectivity index (χ0) is 29.7. The molecule has 0 aliphatic heterocycles. The minimum absolute atomic E-state index is 0.00174. The van der Waals surface area contributed by atoms with Crippen LogP contribution in [0.4, 0.5) is 10.5 Å². The fourth-order valence-electron chi connectivity index (χ4n) is 4.52. The van der Waals surface area contributed by atoms with Crippen LogP contribution in [0.15, 0.2) is 54.6 Å². The molecule has 214 valence electrons. The maximum absolute atomic E-state index is 13.1. The summed E-state index contributed by atoms with van der Waals surface area (Å²) in [5.74, 6) is -2.68. The SMILES string of the molecule is Cc1ccc(CC(=O)Nc2ccc(Cl)c(C(=O)NC(CNC(=O)NC3CCc4ccccc43)C(=O)O)c2Cl)cc1Cl. The molecule has 0 spiro atoms. The van der Waals surface area contributed by atoms with Crippen LogP contribution in [0, 0.1) is 6.92 Å². The van der Waals surface area contributed by atoms with E-state index in [4.69, 9.17) is 34.8 Å². The van der Waals surface area contributed by atoms with Crippen LogP contribution in [0.1, 0.15) is 45.1 Å². The smallest absolute Gasteiger partial charge is 0.328 e. The number of rotatable bonds is 9. The minimum Gasteiger partial charge on any atom is -0.480 e. The van der Waals surface area contributed by atoms with Gasteiger partial charge >= 0.3 is 12.0 Å². The molecule has 41 heavy (non-hydrogen) atoms. The third-order valence-electron chi connectivity index (χ3n) is 6.70. The van der Waals surface area contributed by atoms with Gasteiger partial charge in [0.15, 0.2) is 0 Å². The molecule has 1 aliphatic carbocycles. The molecule has 3 aromatic rings. The highest BCUT2D eigenvalue weighted by molar-refractivity contribution is 6.41. The summed E-state index contributed by atoms with van der Waals surface area (Å²) in [7, 11) is 0. The van der Waals surface area contributed by atoms with Crippen molar-refractivity contribution in [2.45, 2.75) is 38.3 Å². The van der Waals surface area contributed by atoms with Crippen LogP contribution in [0.3, 0.4) is 0 Å². The van der Waals surface area contributed by atoms with E-state index >= 15 is 0 Å². The topological polar surface area (TPSA) is 137 Å². The molecule has 4 rings (SSSR count). The number of nitrogens with one attached hydrogen (secondary N) is 4. The van der Waals surface area contributed by atoms with Gasteiger partial charge in [-0.25, -0.2) is 9.59 Å². The molecule has 0 fully saturated rings. The second-order valence-electron chi connectivity index (χ2n) is 9.60. The third-order valence-corrected chi connectivity index (χ3v) is 7.82. The molecule has 9 nitrogen and oxygen atoms in total. The van der Waals surface area contributed by atoms with E-state index in [0.29, 0.717) is 10.6 Å². The summed E-state index contributed by atoms with van der Waals surface area (Å²) in [6, 6.07) is 13.6. The van der Waals surface area contributed by atoms with Crippen molar-refractivity contribution >= 4 is 64.3 Å². The molecular formula is C29H27Cl3N4O5. The fourth-order valence-corrected chi connectivity index (χ4v) is 5.32. The number of fused-ring (bicyclic) bond motifs is 1. The molecule has 0 radical (unpaired) electrons. The third kappa shape index (κ3) is 7.49. The van der Waals surface area contributed by atoms with E-state index in [2.05, 4.69) is 21.3 Å². The molecule has 1 aliphatic rings. The van der Waals surface area contributed by atoms with Gasteiger partial charge in [0.05, 0.1) is 40.3 Å². The summed E-state index contributed by atoms with van der Waals surface area (Å²) in [5, 5.41) is 20.3. The van der Waals surface area contributed by atoms with Crippen molar-refractivity contribution in [2.75, 3.05) is 11.9 Å². The minimum atomic E-state index is -1.49. The van der Waals surface area contributed by atoms with E-state index in [0.717, 1.165) is 29.5 Å². The summed E-state index contributed by atoms with van der Waals surface area (Å²) in [6.45, 7) is 1.45. The Morgan fingerprint density at radius 1 is 1.00 bits per heavy atom. The molecule has 2 atom stereocenters. The number of carbonyl (C=O) groups excluding carboxylic acids is 3. The van der Waals surface area contributed by atoms with Crippen molar-refractivity contribution in [3.05, 3.63) is 97.5 Å². The fraction of sp³-hybridized carbons (Fsp3) is 0.241. The number of urea groups is 1. The lowest BCUT2D eigenvalue weighted by molar-refractivity contribution is -0.139. The number of carboxylic acid groups (broad SMARTS) is 1. The van der Waals surface area contributed by atoms with Gasteiger partial charge in [-0.2, -0.15) is 0 Å². The van der Waals surface area contributed by atoms with Gasteiger partial charge in [0.25, 0.3) is 5.91 Å². The largest absolute Gasteiger partial charge is 0.480 e. The van der Waals surface area contributed by atoms with Crippen molar-refractivity contribution in [3.8, 4) is 0 Å². The Balaban J connectivity index is 1.38. The molecule has 0 saturated carbocycles. The summed E-state index contributed by atoms with van der Waals surface area (Å²) < 4.78 is 0. The van der Waals surface area contributed by atoms with Gasteiger partial charge in [-0.3, -0.25) is 9.59 Å². The number of aryl methyl sites for hydroxylation is 2. The molecule has 0 aromatic heterocycles. The molecule has 0 saturated heterocycles. The Morgan fingerprint density at radius 2 is 1.76 bits per heavy atom. The Hall–Kier alpha value is -3.79. The summed E-state index contributed by atoms with van der Waals surface area (Å²) in [4.78, 5) is 50.1. The molecule has 12 heteroatoms. The number of anilines is 1. The van der Waals surface area contributed by atoms with Gasteiger partial charge < -0.3 is 26.4 Å². The van der Waals surface area contributed by atoms with Crippen molar-refractivity contribution in [3.63, 3.8) is 0 Å². The first-order chi connectivity index (χ1) is 19.5. The number of halogens is 3. The van der Waals surface area contributed by atoms with Gasteiger partial charge in [-0.05, 0) is 60.2 Å². The average molecular weight is 618 g/mol. The number of carboxylic acids is 1. The van der Waals surface area contributed by atoms with Crippen LogP contribution in [-0.2, 0) is 22.4 Å². The van der Waals surface area contributed by atoms with Gasteiger partial charge in [0.2, 0.25) is 5.91 Å². The first kappa shape index (κ1) is 30.2. The molecule has 0 bridgehead atoms. The van der Waals surface area contributed by atoms with Crippen molar-refractivity contribution in [1.29, 1.82) is 0 Å². The summed E-state index contributed by atoms with van der Waals surface area (Å²) in [6.07, 6.45) is 1.56. The van der Waals surface area contributed by atoms with Gasteiger partial charge in [0.1, 0.15) is 6.04 Å². The first-order valence-corrected chi connectivity index (χ1v) is 13.9. The van der Waals surface area contributed by atoms with E-state index in [1.54, 1.807) is 18.2 Å². The van der Waals surface area contributed by atoms with Crippen LogP contribution in [0.2, 0.25) is 15.1 Å². The Bertz CT molecular complexity index is 1510. The summed E-state index contributed by atoms with van der Waals surface area (Å²) >= 11 is 18.8. The molecule has 0 heterocycles. The van der Waals surface area contributed by atoms with E-state index in [9.17, 15) is 24.3 Å². The van der Waals surface area contributed by atoms with E-state index in [1.807, 2.05) is 31.2 Å². The van der Waals surface area contributed by atoms with E-state index in [1.165, 1.54) is 12.1 Å². The number of benzene rings is 3. The highest BCUT2D eigenvalue weighted by Crippen LogP contribution is 2.32. The van der Waals surface area contributed by atoms with E-state index < -0.39 is 36.4 Å². The van der Waals surface area contributed by atoms with Crippen LogP contribution in [0.25, 0.3) is 0 Å². The van der Waals surface area contributed by atoms with Crippen molar-refractivity contribution < 1.29 is 24.3 Å². The maximum atomic E-state index is 13.1. The lowest BCUT2D eigenvalue weighted by atomic mass is 10.1. The predicted octanol–water partition coefficient (Wildman–Crippen LogP) is 5.31. The molecule has 2 unspecified atom stereocenters. The van der Waals surface area contributed by atoms with E-state index in [-0.39, 0.29) is 33.8 Å². The highest BCUT2D eigenvalue weighted by atomic mass is 35.5. The molecule has 5 N–H and O–H groups in total. The lowest BCUT2D eigenvalue weighted by Crippen LogP contribution is -2.50. The van der Waals surface area contributed by atoms with Gasteiger partial charge in [0, 0.05) is 5.02 Å². The number of aliphatic carboxylic acids is 1. The molecule has 4 amide bonds. The number of hydrogen-bond donors (Lipinski definition) is 5. The standard InChI is InChI=1S/C29H27Cl3N4O5/c1-15-6-7-16(12-20(15)31)13-24(37)34-22-11-9-19(30)25(26(22)32)27(38)35-23(28(39)40)14-33-29(41)36-21-10-8-17-4-2-3-5-18(17)21/h2-7,9,11-12,21,23H,8,10,13-14H2,1H3,(H,34,37)(H,35,38)(H,39,40)(H2,33,36,41). The Morgan fingerprint density at radius 3 is 2.49 bits per heavy atom. The Kier molecular flexibility index (Phi) is 9.75. The number of hydrogen-bond acceptors (Lipinski definition) is 4. The number of carbonyl (C=O) groups is 4. The average Bonchev–Trinajstić information content (AvgIpc) is 3.32.